The van der Waals surface area contributed by atoms with Crippen molar-refractivity contribution >= 4 is 77.5 Å². The quantitative estimate of drug-likeness (QED) is 0.129. The van der Waals surface area contributed by atoms with E-state index in [1.165, 1.54) is 5.56 Å². The number of aliphatic hydroxyl groups is 1. The number of aryl methyl sites for hydroxylation is 3. The van der Waals surface area contributed by atoms with Crippen LogP contribution >= 0.6 is 31.9 Å². The fourth-order valence-corrected chi connectivity index (χ4v) is 5.23. The summed E-state index contributed by atoms with van der Waals surface area (Å²) in [6, 6.07) is 24.9. The first kappa shape index (κ1) is 30.5. The van der Waals surface area contributed by atoms with Crippen LogP contribution in [0.5, 0.6) is 0 Å². The number of halogens is 2. The molecule has 0 atom stereocenters. The average molecular weight is 704 g/mol. The van der Waals surface area contributed by atoms with Crippen LogP contribution in [0.15, 0.2) is 103 Å². The van der Waals surface area contributed by atoms with Crippen LogP contribution in [0.1, 0.15) is 28.7 Å². The number of hydrogen-bond acceptors (Lipinski definition) is 7. The molecule has 0 fully saturated rings. The minimum absolute atomic E-state index is 0.174. The molecular weight excluding hydrogens is 672 g/mol. The predicted octanol–water partition coefficient (Wildman–Crippen LogP) is 9.94. The molecule has 0 radical (unpaired) electrons. The molecule has 6 rings (SSSR count). The molecule has 9 heteroatoms. The molecule has 0 saturated carbocycles. The predicted molar refractivity (Wildman–Crippen MR) is 182 cm³/mol. The molecule has 0 amide bonds. The Morgan fingerprint density at radius 3 is 1.67 bits per heavy atom. The van der Waals surface area contributed by atoms with Gasteiger partial charge in [0.05, 0.1) is 0 Å². The van der Waals surface area contributed by atoms with Gasteiger partial charge in [-0.1, -0.05) is 50.1 Å². The topological polar surface area (TPSA) is 96.4 Å². The highest BCUT2D eigenvalue weighted by Crippen LogP contribution is 2.29. The van der Waals surface area contributed by atoms with Crippen molar-refractivity contribution in [1.29, 1.82) is 0 Å². The Morgan fingerprint density at radius 1 is 0.744 bits per heavy atom. The molecule has 4 aromatic carbocycles. The summed E-state index contributed by atoms with van der Waals surface area (Å²) in [7, 11) is 0. The van der Waals surface area contributed by atoms with E-state index >= 15 is 0 Å². The number of benzene rings is 4. The van der Waals surface area contributed by atoms with Gasteiger partial charge in [-0.2, -0.15) is 9.97 Å². The molecule has 0 bridgehead atoms. The Morgan fingerprint density at radius 2 is 1.21 bits per heavy atom. The summed E-state index contributed by atoms with van der Waals surface area (Å²) >= 11 is 6.83. The maximum Gasteiger partial charge on any atom is 0.300 e. The first-order chi connectivity index (χ1) is 20.8. The van der Waals surface area contributed by atoms with E-state index in [9.17, 15) is 0 Å². The molecule has 2 aromatic heterocycles. The summed E-state index contributed by atoms with van der Waals surface area (Å²) in [5.41, 5.74) is 9.68. The van der Waals surface area contributed by atoms with Crippen LogP contribution < -0.4 is 10.6 Å². The highest BCUT2D eigenvalue weighted by molar-refractivity contribution is 9.10. The molecule has 6 aromatic rings. The van der Waals surface area contributed by atoms with Crippen molar-refractivity contribution < 1.29 is 13.9 Å². The number of aromatic nitrogens is 2. The van der Waals surface area contributed by atoms with Crippen molar-refractivity contribution in [3.63, 3.8) is 0 Å². The van der Waals surface area contributed by atoms with Gasteiger partial charge in [0.25, 0.3) is 12.0 Å². The van der Waals surface area contributed by atoms with Crippen molar-refractivity contribution in [2.24, 2.45) is 0 Å². The number of oxazole rings is 2. The third-order valence-corrected chi connectivity index (χ3v) is 7.64. The molecule has 43 heavy (non-hydrogen) atoms. The van der Waals surface area contributed by atoms with E-state index < -0.39 is 0 Å². The fraction of sp³-hybridized carbons (Fsp3) is 0.176. The molecular formula is C34H32Br2N4O3. The van der Waals surface area contributed by atoms with E-state index in [4.69, 9.17) is 13.9 Å². The Hall–Kier alpha value is -3.92. The Kier molecular flexibility index (Phi) is 9.97. The van der Waals surface area contributed by atoms with Crippen molar-refractivity contribution in [2.75, 3.05) is 17.2 Å². The van der Waals surface area contributed by atoms with Crippen LogP contribution in [0.25, 0.3) is 22.2 Å². The van der Waals surface area contributed by atoms with Gasteiger partial charge >= 0.3 is 0 Å². The Bertz CT molecular complexity index is 1840. The van der Waals surface area contributed by atoms with Gasteiger partial charge in [0.1, 0.15) is 11.0 Å². The summed E-state index contributed by atoms with van der Waals surface area (Å²) in [5, 5.41) is 15.4. The van der Waals surface area contributed by atoms with E-state index in [2.05, 4.69) is 78.1 Å². The van der Waals surface area contributed by atoms with Crippen molar-refractivity contribution in [2.45, 2.75) is 33.1 Å². The average Bonchev–Trinajstić information content (AvgIpc) is 3.58. The normalized spacial score (nSPS) is 10.9. The highest BCUT2D eigenvalue weighted by Gasteiger charge is 2.12. The first-order valence-electron chi connectivity index (χ1n) is 13.9. The second-order valence-electron chi connectivity index (χ2n) is 10.2. The number of allylic oxidation sites excluding steroid dienone is 1. The minimum atomic E-state index is 0.174. The van der Waals surface area contributed by atoms with Crippen molar-refractivity contribution in [3.8, 4) is 0 Å². The molecule has 0 unspecified atom stereocenters. The lowest BCUT2D eigenvalue weighted by Gasteiger charge is -2.02. The van der Waals surface area contributed by atoms with E-state index in [1.54, 1.807) is 0 Å². The third-order valence-electron chi connectivity index (χ3n) is 6.58. The molecule has 3 N–H and O–H groups in total. The van der Waals surface area contributed by atoms with Gasteiger partial charge in [-0.25, -0.2) is 0 Å². The van der Waals surface area contributed by atoms with E-state index in [1.807, 2.05) is 73.7 Å². The van der Waals surface area contributed by atoms with Gasteiger partial charge in [0.2, 0.25) is 0 Å². The lowest BCUT2D eigenvalue weighted by atomic mass is 10.1. The highest BCUT2D eigenvalue weighted by atomic mass is 79.9. The van der Waals surface area contributed by atoms with Gasteiger partial charge in [0.15, 0.2) is 11.2 Å². The van der Waals surface area contributed by atoms with Gasteiger partial charge in [0, 0.05) is 32.5 Å². The number of fused-ring (bicyclic) bond motifs is 2. The molecule has 7 nitrogen and oxygen atoms in total. The van der Waals surface area contributed by atoms with Crippen molar-refractivity contribution in [1.82, 2.24) is 9.97 Å². The molecule has 0 spiro atoms. The molecule has 220 valence electrons. The zero-order valence-electron chi connectivity index (χ0n) is 24.0. The second kappa shape index (κ2) is 14.0. The summed E-state index contributed by atoms with van der Waals surface area (Å²) in [6.07, 6.45) is 4.14. The van der Waals surface area contributed by atoms with Gasteiger partial charge in [-0.15, -0.1) is 6.58 Å². The Balaban J connectivity index is 0.000000171. The summed E-state index contributed by atoms with van der Waals surface area (Å²) in [6.45, 7) is 8.07. The third kappa shape index (κ3) is 7.93. The number of rotatable bonds is 9. The van der Waals surface area contributed by atoms with Gasteiger partial charge < -0.3 is 24.6 Å². The van der Waals surface area contributed by atoms with Crippen molar-refractivity contribution in [3.05, 3.63) is 117 Å². The zero-order chi connectivity index (χ0) is 30.3. The Labute approximate surface area is 267 Å². The van der Waals surface area contributed by atoms with E-state index in [0.29, 0.717) is 18.5 Å². The van der Waals surface area contributed by atoms with Crippen LogP contribution in [0.3, 0.4) is 0 Å². The summed E-state index contributed by atoms with van der Waals surface area (Å²) in [5.74, 6) is 0. The summed E-state index contributed by atoms with van der Waals surface area (Å²) in [4.78, 5) is 9.02. The summed E-state index contributed by atoms with van der Waals surface area (Å²) < 4.78 is 13.8. The SMILES string of the molecule is C=CCc1cc(C)cc2nc(Nc3ccc(Br)cc3)oc12.Cc1cc(CCCO)c2oc(Nc3ccc(Br)cc3)nc2c1. The lowest BCUT2D eigenvalue weighted by molar-refractivity contribution is 0.288. The zero-order valence-corrected chi connectivity index (χ0v) is 27.1. The maximum atomic E-state index is 9.03. The number of hydrogen-bond donors (Lipinski definition) is 3. The first-order valence-corrected chi connectivity index (χ1v) is 15.5. The minimum Gasteiger partial charge on any atom is -0.423 e. The van der Waals surface area contributed by atoms with Crippen LogP contribution in [-0.4, -0.2) is 21.7 Å². The number of nitrogens with one attached hydrogen (secondary N) is 2. The van der Waals surface area contributed by atoms with Gasteiger partial charge in [-0.05, 0) is 110 Å². The second-order valence-corrected chi connectivity index (χ2v) is 12.0. The number of nitrogens with zero attached hydrogens (tertiary/aromatic N) is 2. The van der Waals surface area contributed by atoms with Crippen LogP contribution in [0.4, 0.5) is 23.4 Å². The monoisotopic (exact) mass is 702 g/mol. The van der Waals surface area contributed by atoms with Crippen LogP contribution in [0, 0.1) is 13.8 Å². The molecule has 2 heterocycles. The molecule has 0 aliphatic rings. The van der Waals surface area contributed by atoms with Gasteiger partial charge in [-0.3, -0.25) is 0 Å². The fourth-order valence-electron chi connectivity index (χ4n) is 4.70. The van der Waals surface area contributed by atoms with E-state index in [0.717, 1.165) is 72.1 Å². The van der Waals surface area contributed by atoms with Crippen LogP contribution in [0.2, 0.25) is 0 Å². The largest absolute Gasteiger partial charge is 0.423 e. The number of anilines is 4. The number of aliphatic hydroxyl groups excluding tert-OH is 1. The maximum absolute atomic E-state index is 9.03. The molecule has 0 aliphatic carbocycles. The molecule has 0 aliphatic heterocycles. The van der Waals surface area contributed by atoms with E-state index in [-0.39, 0.29) is 6.61 Å². The smallest absolute Gasteiger partial charge is 0.300 e. The standard InChI is InChI=1S/C17H17BrN2O2.C17H15BrN2O/c1-11-9-12(3-2-8-21)16-15(10-11)20-17(22-16)19-14-6-4-13(18)5-7-14;1-3-4-12-9-11(2)10-15-16(12)21-17(20-15)19-14-7-5-13(18)6-8-14/h4-7,9-10,21H,2-3,8H2,1H3,(H,19,20);3,5-10H,1,4H2,2H3,(H,19,20). The molecule has 0 saturated heterocycles. The lowest BCUT2D eigenvalue weighted by Crippen LogP contribution is -1.91. The van der Waals surface area contributed by atoms with Crippen LogP contribution in [-0.2, 0) is 12.8 Å².